The summed E-state index contributed by atoms with van der Waals surface area (Å²) in [5, 5.41) is 3.41. The second-order valence-corrected chi connectivity index (χ2v) is 6.55. The molecule has 1 aliphatic carbocycles. The van der Waals surface area contributed by atoms with E-state index in [1.165, 1.54) is 32.1 Å². The zero-order valence-corrected chi connectivity index (χ0v) is 12.6. The molecule has 0 aliphatic heterocycles. The maximum absolute atomic E-state index is 11.9. The molecule has 1 N–H and O–H groups in total. The van der Waals surface area contributed by atoms with Crippen LogP contribution in [-0.4, -0.2) is 23.7 Å². The van der Waals surface area contributed by atoms with Crippen molar-refractivity contribution in [2.45, 2.75) is 84.4 Å². The lowest BCUT2D eigenvalue weighted by atomic mass is 9.84. The second-order valence-electron chi connectivity index (χ2n) is 6.55. The maximum Gasteiger partial charge on any atom is 0.323 e. The maximum atomic E-state index is 11.9. The summed E-state index contributed by atoms with van der Waals surface area (Å²) in [6.45, 7) is 9.89. The molecule has 0 aromatic heterocycles. The molecule has 3 heteroatoms. The molecule has 1 saturated carbocycles. The molecule has 1 atom stereocenters. The van der Waals surface area contributed by atoms with Crippen LogP contribution in [0.25, 0.3) is 0 Å². The lowest BCUT2D eigenvalue weighted by Gasteiger charge is -2.31. The highest BCUT2D eigenvalue weighted by Gasteiger charge is 2.26. The molecule has 106 valence electrons. The van der Waals surface area contributed by atoms with E-state index in [-0.39, 0.29) is 12.0 Å². The molecule has 0 heterocycles. The van der Waals surface area contributed by atoms with Crippen molar-refractivity contribution in [3.63, 3.8) is 0 Å². The molecule has 1 aliphatic rings. The Hall–Kier alpha value is -0.570. The Labute approximate surface area is 112 Å². The smallest absolute Gasteiger partial charge is 0.323 e. The minimum absolute atomic E-state index is 0.139. The average Bonchev–Trinajstić information content (AvgIpc) is 2.27. The summed E-state index contributed by atoms with van der Waals surface area (Å²) in [6.07, 6.45) is 6.23. The Morgan fingerprint density at radius 2 is 1.83 bits per heavy atom. The van der Waals surface area contributed by atoms with E-state index < -0.39 is 5.60 Å². The van der Waals surface area contributed by atoms with Crippen LogP contribution in [0.3, 0.4) is 0 Å². The van der Waals surface area contributed by atoms with Gasteiger partial charge in [-0.15, -0.1) is 0 Å². The molecular weight excluding hydrogens is 226 g/mol. The van der Waals surface area contributed by atoms with Gasteiger partial charge in [-0.25, -0.2) is 0 Å². The van der Waals surface area contributed by atoms with Gasteiger partial charge in [0.05, 0.1) is 0 Å². The highest BCUT2D eigenvalue weighted by Crippen LogP contribution is 2.26. The zero-order valence-electron chi connectivity index (χ0n) is 12.6. The van der Waals surface area contributed by atoms with E-state index >= 15 is 0 Å². The van der Waals surface area contributed by atoms with Crippen LogP contribution in [-0.2, 0) is 9.53 Å². The largest absolute Gasteiger partial charge is 0.459 e. The fourth-order valence-corrected chi connectivity index (χ4v) is 2.55. The van der Waals surface area contributed by atoms with Gasteiger partial charge in [0.15, 0.2) is 0 Å². The Morgan fingerprint density at radius 1 is 1.28 bits per heavy atom. The van der Waals surface area contributed by atoms with Gasteiger partial charge in [0.1, 0.15) is 11.6 Å². The van der Waals surface area contributed by atoms with Crippen LogP contribution < -0.4 is 5.32 Å². The Bertz CT molecular complexity index is 262. The number of esters is 1. The summed E-state index contributed by atoms with van der Waals surface area (Å²) < 4.78 is 5.38. The van der Waals surface area contributed by atoms with E-state index in [0.29, 0.717) is 6.04 Å². The molecule has 0 radical (unpaired) electrons. The number of carbonyl (C=O) groups excluding carboxylic acids is 1. The Kier molecular flexibility index (Phi) is 5.64. The first-order valence-electron chi connectivity index (χ1n) is 7.30. The molecule has 1 rings (SSSR count). The van der Waals surface area contributed by atoms with Crippen molar-refractivity contribution < 1.29 is 9.53 Å². The van der Waals surface area contributed by atoms with E-state index in [9.17, 15) is 4.79 Å². The normalized spacial score (nSPS) is 26.7. The number of hydrogen-bond donors (Lipinski definition) is 1. The number of carbonyl (C=O) groups is 1. The quantitative estimate of drug-likeness (QED) is 0.784. The van der Waals surface area contributed by atoms with Gasteiger partial charge in [-0.3, -0.25) is 4.79 Å². The van der Waals surface area contributed by atoms with Gasteiger partial charge in [-0.1, -0.05) is 13.3 Å². The van der Waals surface area contributed by atoms with Crippen LogP contribution in [0, 0.1) is 5.92 Å². The Balaban J connectivity index is 2.32. The molecule has 3 nitrogen and oxygen atoms in total. The van der Waals surface area contributed by atoms with E-state index in [4.69, 9.17) is 4.74 Å². The van der Waals surface area contributed by atoms with Crippen LogP contribution >= 0.6 is 0 Å². The summed E-state index contributed by atoms with van der Waals surface area (Å²) in [5.74, 6) is 0.750. The monoisotopic (exact) mass is 255 g/mol. The van der Waals surface area contributed by atoms with Crippen molar-refractivity contribution in [1.82, 2.24) is 5.32 Å². The molecule has 1 fully saturated rings. The predicted octanol–water partition coefficient (Wildman–Crippen LogP) is 3.28. The predicted molar refractivity (Wildman–Crippen MR) is 74.5 cm³/mol. The molecule has 0 saturated heterocycles. The van der Waals surface area contributed by atoms with E-state index in [2.05, 4.69) is 12.2 Å². The van der Waals surface area contributed by atoms with Crippen molar-refractivity contribution in [2.75, 3.05) is 0 Å². The van der Waals surface area contributed by atoms with Crippen LogP contribution in [0.2, 0.25) is 0 Å². The number of nitrogens with one attached hydrogen (secondary N) is 1. The zero-order chi connectivity index (χ0) is 13.8. The summed E-state index contributed by atoms with van der Waals surface area (Å²) in [6, 6.07) is 0.280. The van der Waals surface area contributed by atoms with Crippen molar-refractivity contribution >= 4 is 5.97 Å². The van der Waals surface area contributed by atoms with E-state index in [1.807, 2.05) is 27.7 Å². The lowest BCUT2D eigenvalue weighted by Crippen LogP contribution is -2.45. The van der Waals surface area contributed by atoms with Crippen LogP contribution in [0.15, 0.2) is 0 Å². The number of rotatable bonds is 4. The summed E-state index contributed by atoms with van der Waals surface area (Å²) in [5.41, 5.74) is -0.396. The molecular formula is C15H29NO2. The topological polar surface area (TPSA) is 38.3 Å². The van der Waals surface area contributed by atoms with Gasteiger partial charge in [0, 0.05) is 6.04 Å². The first kappa shape index (κ1) is 15.5. The standard InChI is InChI=1S/C15H29NO2/c1-6-12-7-9-13(10-8-12)16-11(2)14(17)18-15(3,4)5/h11-13,16H,6-10H2,1-5H3. The molecule has 18 heavy (non-hydrogen) atoms. The summed E-state index contributed by atoms with van der Waals surface area (Å²) >= 11 is 0. The minimum Gasteiger partial charge on any atom is -0.459 e. The van der Waals surface area contributed by atoms with E-state index in [1.54, 1.807) is 0 Å². The van der Waals surface area contributed by atoms with Crippen molar-refractivity contribution in [1.29, 1.82) is 0 Å². The first-order chi connectivity index (χ1) is 8.31. The van der Waals surface area contributed by atoms with Crippen molar-refractivity contribution in [2.24, 2.45) is 5.92 Å². The first-order valence-corrected chi connectivity index (χ1v) is 7.30. The molecule has 0 spiro atoms. The van der Waals surface area contributed by atoms with Crippen LogP contribution in [0.5, 0.6) is 0 Å². The molecule has 0 aromatic rings. The highest BCUT2D eigenvalue weighted by atomic mass is 16.6. The van der Waals surface area contributed by atoms with Crippen LogP contribution in [0.1, 0.15) is 66.7 Å². The highest BCUT2D eigenvalue weighted by molar-refractivity contribution is 5.75. The van der Waals surface area contributed by atoms with Gasteiger partial charge >= 0.3 is 5.97 Å². The van der Waals surface area contributed by atoms with Crippen molar-refractivity contribution in [3.05, 3.63) is 0 Å². The SMILES string of the molecule is CCC1CCC(NC(C)C(=O)OC(C)(C)C)CC1. The molecule has 1 unspecified atom stereocenters. The third-order valence-corrected chi connectivity index (χ3v) is 3.67. The third-order valence-electron chi connectivity index (χ3n) is 3.67. The number of hydrogen-bond acceptors (Lipinski definition) is 3. The van der Waals surface area contributed by atoms with Crippen molar-refractivity contribution in [3.8, 4) is 0 Å². The van der Waals surface area contributed by atoms with Gasteiger partial charge in [0.25, 0.3) is 0 Å². The summed E-state index contributed by atoms with van der Waals surface area (Å²) in [7, 11) is 0. The number of ether oxygens (including phenoxy) is 1. The Morgan fingerprint density at radius 3 is 2.28 bits per heavy atom. The van der Waals surface area contributed by atoms with Gasteiger partial charge < -0.3 is 10.1 Å². The van der Waals surface area contributed by atoms with Gasteiger partial charge in [-0.2, -0.15) is 0 Å². The average molecular weight is 255 g/mol. The van der Waals surface area contributed by atoms with E-state index in [0.717, 1.165) is 5.92 Å². The minimum atomic E-state index is -0.396. The van der Waals surface area contributed by atoms with Gasteiger partial charge in [0.2, 0.25) is 0 Å². The fourth-order valence-electron chi connectivity index (χ4n) is 2.55. The molecule has 0 amide bonds. The second kappa shape index (κ2) is 6.55. The molecule has 0 bridgehead atoms. The molecule has 0 aromatic carbocycles. The third kappa shape index (κ3) is 5.38. The van der Waals surface area contributed by atoms with Crippen LogP contribution in [0.4, 0.5) is 0 Å². The lowest BCUT2D eigenvalue weighted by molar-refractivity contribution is -0.157. The fraction of sp³-hybridized carbons (Fsp3) is 0.933. The van der Waals surface area contributed by atoms with Gasteiger partial charge in [-0.05, 0) is 59.3 Å². The summed E-state index contributed by atoms with van der Waals surface area (Å²) in [4.78, 5) is 11.9.